The van der Waals surface area contributed by atoms with Crippen LogP contribution in [0.4, 0.5) is 19.0 Å². The van der Waals surface area contributed by atoms with Crippen molar-refractivity contribution in [3.63, 3.8) is 0 Å². The molecular formula is C22H22F3N5O2S. The number of halogens is 3. The third-order valence-electron chi connectivity index (χ3n) is 5.52. The fourth-order valence-electron chi connectivity index (χ4n) is 3.65. The first-order valence-electron chi connectivity index (χ1n) is 10.1. The summed E-state index contributed by atoms with van der Waals surface area (Å²) in [5.41, 5.74) is 1.43. The first kappa shape index (κ1) is 23.0. The van der Waals surface area contributed by atoms with Gasteiger partial charge in [0.15, 0.2) is 0 Å². The average molecular weight is 478 g/mol. The Morgan fingerprint density at radius 2 is 2.12 bits per heavy atom. The molecular weight excluding hydrogens is 455 g/mol. The first-order chi connectivity index (χ1) is 15.8. The zero-order chi connectivity index (χ0) is 23.6. The van der Waals surface area contributed by atoms with Gasteiger partial charge < -0.3 is 10.1 Å². The van der Waals surface area contributed by atoms with E-state index in [1.807, 2.05) is 6.08 Å². The van der Waals surface area contributed by atoms with E-state index < -0.39 is 27.5 Å². The van der Waals surface area contributed by atoms with Gasteiger partial charge in [-0.3, -0.25) is 0 Å². The Morgan fingerprint density at radius 3 is 2.79 bits per heavy atom. The van der Waals surface area contributed by atoms with Gasteiger partial charge in [-0.05, 0) is 18.1 Å². The van der Waals surface area contributed by atoms with E-state index in [1.54, 1.807) is 13.1 Å². The molecule has 3 aromatic rings. The number of fused-ring (bicyclic) bond motifs is 1. The summed E-state index contributed by atoms with van der Waals surface area (Å²) in [5, 5.41) is 3.60. The van der Waals surface area contributed by atoms with Crippen LogP contribution in [0.5, 0.6) is 5.88 Å². The Morgan fingerprint density at radius 1 is 1.30 bits per heavy atom. The van der Waals surface area contributed by atoms with E-state index in [1.165, 1.54) is 25.6 Å². The molecule has 174 valence electrons. The number of aromatic nitrogens is 3. The fraction of sp³-hybridized carbons (Fsp3) is 0.318. The first-order valence-corrected chi connectivity index (χ1v) is 12.0. The molecule has 0 aliphatic carbocycles. The molecule has 11 heteroatoms. The van der Waals surface area contributed by atoms with Crippen LogP contribution in [0, 0.1) is 5.82 Å². The van der Waals surface area contributed by atoms with Crippen LogP contribution in [0.2, 0.25) is 0 Å². The summed E-state index contributed by atoms with van der Waals surface area (Å²) < 4.78 is 62.4. The molecule has 1 N–H and O–H groups in total. The Balaban J connectivity index is 1.71. The molecule has 33 heavy (non-hydrogen) atoms. The molecule has 4 rings (SSSR count). The molecule has 0 saturated carbocycles. The predicted molar refractivity (Wildman–Crippen MR) is 121 cm³/mol. The normalized spacial score (nSPS) is 18.3. The molecule has 2 aromatic heterocycles. The van der Waals surface area contributed by atoms with Crippen molar-refractivity contribution < 1.29 is 22.1 Å². The lowest BCUT2D eigenvalue weighted by atomic mass is 10.1. The van der Waals surface area contributed by atoms with Crippen LogP contribution in [-0.2, 0) is 16.3 Å². The number of nitrogens with zero attached hydrogens (tertiary/aromatic N) is 4. The third kappa shape index (κ3) is 4.63. The molecule has 1 aliphatic rings. The lowest BCUT2D eigenvalue weighted by Gasteiger charge is -2.18. The molecule has 0 fully saturated rings. The highest BCUT2D eigenvalue weighted by atomic mass is 32.2. The summed E-state index contributed by atoms with van der Waals surface area (Å²) in [6.07, 6.45) is 0.828. The summed E-state index contributed by atoms with van der Waals surface area (Å²) in [6, 6.07) is 5.68. The van der Waals surface area contributed by atoms with Gasteiger partial charge in [-0.25, -0.2) is 36.7 Å². The molecule has 7 nitrogen and oxygen atoms in total. The Labute approximate surface area is 189 Å². The SMILES string of the molecule is CN=S1(=O)CC=C(c2cc3c(NCc4cccc(C(F)F)c4F)ncnc3c(OC)n2)CC1. The maximum absolute atomic E-state index is 14.4. The van der Waals surface area contributed by atoms with Crippen molar-refractivity contribution in [2.75, 3.05) is 31.0 Å². The second-order valence-electron chi connectivity index (χ2n) is 7.42. The number of hydrogen-bond acceptors (Lipinski definition) is 7. The molecule has 1 aliphatic heterocycles. The number of benzene rings is 1. The van der Waals surface area contributed by atoms with Gasteiger partial charge in [0.25, 0.3) is 6.43 Å². The molecule has 0 spiro atoms. The molecule has 0 bridgehead atoms. The van der Waals surface area contributed by atoms with Crippen LogP contribution in [0.15, 0.2) is 41.0 Å². The summed E-state index contributed by atoms with van der Waals surface area (Å²) in [4.78, 5) is 13.0. The Kier molecular flexibility index (Phi) is 6.50. The summed E-state index contributed by atoms with van der Waals surface area (Å²) >= 11 is 0. The maximum atomic E-state index is 14.4. The maximum Gasteiger partial charge on any atom is 0.266 e. The van der Waals surface area contributed by atoms with Crippen molar-refractivity contribution in [2.24, 2.45) is 4.36 Å². The van der Waals surface area contributed by atoms with E-state index in [9.17, 15) is 17.4 Å². The number of alkyl halides is 2. The smallest absolute Gasteiger partial charge is 0.266 e. The number of methoxy groups -OCH3 is 1. The van der Waals surface area contributed by atoms with Crippen molar-refractivity contribution in [2.45, 2.75) is 19.4 Å². The highest BCUT2D eigenvalue weighted by Gasteiger charge is 2.20. The quantitative estimate of drug-likeness (QED) is 0.558. The number of anilines is 1. The molecule has 1 aromatic carbocycles. The van der Waals surface area contributed by atoms with Gasteiger partial charge in [-0.15, -0.1) is 0 Å². The van der Waals surface area contributed by atoms with E-state index >= 15 is 0 Å². The van der Waals surface area contributed by atoms with Crippen molar-refractivity contribution in [3.05, 3.63) is 59.3 Å². The molecule has 1 atom stereocenters. The van der Waals surface area contributed by atoms with Gasteiger partial charge in [0.1, 0.15) is 23.5 Å². The van der Waals surface area contributed by atoms with Gasteiger partial charge in [-0.1, -0.05) is 24.3 Å². The molecule has 3 heterocycles. The largest absolute Gasteiger partial charge is 0.479 e. The predicted octanol–water partition coefficient (Wildman–Crippen LogP) is 4.61. The number of allylic oxidation sites excluding steroid dienone is 1. The number of hydrogen-bond donors (Lipinski definition) is 1. The van der Waals surface area contributed by atoms with E-state index in [2.05, 4.69) is 24.6 Å². The minimum Gasteiger partial charge on any atom is -0.479 e. The Bertz CT molecular complexity index is 1350. The molecule has 0 amide bonds. The van der Waals surface area contributed by atoms with Crippen molar-refractivity contribution in [1.29, 1.82) is 0 Å². The zero-order valence-electron chi connectivity index (χ0n) is 18.0. The number of pyridine rings is 1. The summed E-state index contributed by atoms with van der Waals surface area (Å²) in [7, 11) is 0.814. The minimum absolute atomic E-state index is 0.0543. The number of rotatable bonds is 6. The summed E-state index contributed by atoms with van der Waals surface area (Å²) in [6.45, 7) is -0.0543. The van der Waals surface area contributed by atoms with Crippen molar-refractivity contribution in [1.82, 2.24) is 15.0 Å². The Hall–Kier alpha value is -3.21. The summed E-state index contributed by atoms with van der Waals surface area (Å²) in [5.74, 6) is 0.499. The zero-order valence-corrected chi connectivity index (χ0v) is 18.8. The topological polar surface area (TPSA) is 89.4 Å². The van der Waals surface area contributed by atoms with Gasteiger partial charge in [-0.2, -0.15) is 0 Å². The van der Waals surface area contributed by atoms with Gasteiger partial charge in [0.2, 0.25) is 5.88 Å². The van der Waals surface area contributed by atoms with Crippen LogP contribution < -0.4 is 10.1 Å². The van der Waals surface area contributed by atoms with E-state index in [-0.39, 0.29) is 18.0 Å². The van der Waals surface area contributed by atoms with Crippen molar-refractivity contribution >= 4 is 32.0 Å². The van der Waals surface area contributed by atoms with Crippen LogP contribution in [0.25, 0.3) is 16.5 Å². The van der Waals surface area contributed by atoms with Crippen LogP contribution in [0.3, 0.4) is 0 Å². The highest BCUT2D eigenvalue weighted by Crippen LogP contribution is 2.32. The second kappa shape index (κ2) is 9.34. The third-order valence-corrected chi connectivity index (χ3v) is 7.71. The van der Waals surface area contributed by atoms with Crippen molar-refractivity contribution in [3.8, 4) is 5.88 Å². The number of ether oxygens (including phenoxy) is 1. The highest BCUT2D eigenvalue weighted by molar-refractivity contribution is 7.93. The van der Waals surface area contributed by atoms with E-state index in [0.29, 0.717) is 40.3 Å². The lowest BCUT2D eigenvalue weighted by molar-refractivity contribution is 0.146. The molecule has 0 radical (unpaired) electrons. The van der Waals surface area contributed by atoms with Gasteiger partial charge in [0.05, 0.1) is 39.2 Å². The van der Waals surface area contributed by atoms with Gasteiger partial charge in [0, 0.05) is 24.9 Å². The molecule has 0 saturated heterocycles. The second-order valence-corrected chi connectivity index (χ2v) is 10.1. The fourth-order valence-corrected chi connectivity index (χ4v) is 5.15. The van der Waals surface area contributed by atoms with E-state index in [4.69, 9.17) is 4.74 Å². The van der Waals surface area contributed by atoms with E-state index in [0.717, 1.165) is 11.6 Å². The van der Waals surface area contributed by atoms with Crippen LogP contribution >= 0.6 is 0 Å². The van der Waals surface area contributed by atoms with Crippen LogP contribution in [-0.4, -0.2) is 44.8 Å². The van der Waals surface area contributed by atoms with Gasteiger partial charge >= 0.3 is 0 Å². The lowest BCUT2D eigenvalue weighted by Crippen LogP contribution is -2.15. The monoisotopic (exact) mass is 477 g/mol. The average Bonchev–Trinajstić information content (AvgIpc) is 2.83. The molecule has 1 unspecified atom stereocenters. The minimum atomic E-state index is -2.90. The standard InChI is InChI=1S/C22H22F3N5O2S/c1-26-33(31)8-6-13(7-9-33)17-10-16-19(22(30-17)32-2)28-12-29-21(16)27-11-14-4-3-5-15(18(14)23)20(24)25/h3-6,10,12,20H,7-9,11H2,1-2H3,(H,27,28,29). The number of nitrogens with one attached hydrogen (secondary N) is 1. The van der Waals surface area contributed by atoms with Crippen LogP contribution in [0.1, 0.15) is 29.7 Å².